The minimum Gasteiger partial charge on any atom is -0.495 e. The van der Waals surface area contributed by atoms with E-state index in [4.69, 9.17) is 14.7 Å². The van der Waals surface area contributed by atoms with Crippen LogP contribution in [0.25, 0.3) is 0 Å². The Morgan fingerprint density at radius 1 is 1.21 bits per heavy atom. The Morgan fingerprint density at radius 3 is 2.53 bits per heavy atom. The van der Waals surface area contributed by atoms with Crippen molar-refractivity contribution in [1.82, 2.24) is 0 Å². The minimum absolute atomic E-state index is 0.404. The van der Waals surface area contributed by atoms with Crippen LogP contribution in [-0.2, 0) is 4.74 Å². The van der Waals surface area contributed by atoms with E-state index in [0.29, 0.717) is 17.7 Å². The number of nitrogens with zero attached hydrogens (tertiary/aromatic N) is 1. The smallest absolute Gasteiger partial charge is 0.143 e. The van der Waals surface area contributed by atoms with Crippen LogP contribution in [0.4, 0.5) is 5.69 Å². The summed E-state index contributed by atoms with van der Waals surface area (Å²) < 4.78 is 10.7. The molecule has 4 nitrogen and oxygen atoms in total. The molecule has 1 saturated carbocycles. The monoisotopic (exact) mass is 260 g/mol. The van der Waals surface area contributed by atoms with Gasteiger partial charge in [-0.1, -0.05) is 0 Å². The van der Waals surface area contributed by atoms with Crippen LogP contribution >= 0.6 is 0 Å². The van der Waals surface area contributed by atoms with Crippen molar-refractivity contribution >= 4 is 5.69 Å². The number of benzene rings is 1. The highest BCUT2D eigenvalue weighted by Crippen LogP contribution is 2.29. The van der Waals surface area contributed by atoms with Gasteiger partial charge < -0.3 is 14.8 Å². The average Bonchev–Trinajstić information content (AvgIpc) is 2.48. The summed E-state index contributed by atoms with van der Waals surface area (Å²) in [6, 6.07) is 8.07. The second-order valence-electron chi connectivity index (χ2n) is 4.88. The first kappa shape index (κ1) is 13.7. The molecule has 1 fully saturated rings. The summed E-state index contributed by atoms with van der Waals surface area (Å²) in [5, 5.41) is 12.4. The predicted molar refractivity (Wildman–Crippen MR) is 74.4 cm³/mol. The number of nitriles is 1. The SMILES string of the molecule is COc1cc(C#N)ccc1NC1CCC(OC)CC1. The molecule has 1 aromatic rings. The lowest BCUT2D eigenvalue weighted by Crippen LogP contribution is -2.29. The highest BCUT2D eigenvalue weighted by Gasteiger charge is 2.21. The van der Waals surface area contributed by atoms with Gasteiger partial charge in [-0.15, -0.1) is 0 Å². The van der Waals surface area contributed by atoms with Gasteiger partial charge in [0.1, 0.15) is 5.75 Å². The molecule has 0 radical (unpaired) electrons. The van der Waals surface area contributed by atoms with Gasteiger partial charge in [-0.3, -0.25) is 0 Å². The molecule has 4 heteroatoms. The first-order valence-corrected chi connectivity index (χ1v) is 6.64. The van der Waals surface area contributed by atoms with E-state index < -0.39 is 0 Å². The first-order chi connectivity index (χ1) is 9.26. The van der Waals surface area contributed by atoms with Gasteiger partial charge in [0.15, 0.2) is 0 Å². The molecule has 102 valence electrons. The largest absolute Gasteiger partial charge is 0.495 e. The maximum absolute atomic E-state index is 8.89. The molecule has 0 amide bonds. The quantitative estimate of drug-likeness (QED) is 0.904. The van der Waals surface area contributed by atoms with E-state index in [1.54, 1.807) is 20.3 Å². The molecule has 1 N–H and O–H groups in total. The van der Waals surface area contributed by atoms with Crippen LogP contribution in [0.2, 0.25) is 0 Å². The van der Waals surface area contributed by atoms with Crippen molar-refractivity contribution in [2.24, 2.45) is 0 Å². The minimum atomic E-state index is 0.404. The third-order valence-electron chi connectivity index (χ3n) is 3.70. The number of ether oxygens (including phenoxy) is 2. The molecule has 19 heavy (non-hydrogen) atoms. The van der Waals surface area contributed by atoms with E-state index >= 15 is 0 Å². The van der Waals surface area contributed by atoms with Crippen molar-refractivity contribution in [3.05, 3.63) is 23.8 Å². The number of hydrogen-bond acceptors (Lipinski definition) is 4. The van der Waals surface area contributed by atoms with Gasteiger partial charge in [0.25, 0.3) is 0 Å². The van der Waals surface area contributed by atoms with Gasteiger partial charge in [0, 0.05) is 19.2 Å². The molecule has 0 atom stereocenters. The van der Waals surface area contributed by atoms with Crippen molar-refractivity contribution in [2.75, 3.05) is 19.5 Å². The van der Waals surface area contributed by atoms with Crippen LogP contribution in [0.15, 0.2) is 18.2 Å². The summed E-state index contributed by atoms with van der Waals surface area (Å²) in [6.07, 6.45) is 4.78. The molecule has 1 aliphatic rings. The zero-order chi connectivity index (χ0) is 13.7. The first-order valence-electron chi connectivity index (χ1n) is 6.64. The van der Waals surface area contributed by atoms with Crippen molar-refractivity contribution in [1.29, 1.82) is 5.26 Å². The zero-order valence-corrected chi connectivity index (χ0v) is 11.5. The Balaban J connectivity index is 2.01. The standard InChI is InChI=1S/C15H20N2O2/c1-18-13-6-4-12(5-7-13)17-14-8-3-11(10-16)9-15(14)19-2/h3,8-9,12-13,17H,4-7H2,1-2H3. The lowest BCUT2D eigenvalue weighted by atomic mass is 9.92. The number of hydrogen-bond donors (Lipinski definition) is 1. The molecular weight excluding hydrogens is 240 g/mol. The summed E-state index contributed by atoms with van der Waals surface area (Å²) in [5.41, 5.74) is 1.58. The van der Waals surface area contributed by atoms with Gasteiger partial charge in [0.05, 0.1) is 30.5 Å². The summed E-state index contributed by atoms with van der Waals surface area (Å²) in [5.74, 6) is 0.730. The summed E-state index contributed by atoms with van der Waals surface area (Å²) in [4.78, 5) is 0. The Hall–Kier alpha value is -1.73. The second kappa shape index (κ2) is 6.44. The van der Waals surface area contributed by atoms with Crippen LogP contribution in [0, 0.1) is 11.3 Å². The molecule has 0 bridgehead atoms. The Kier molecular flexibility index (Phi) is 4.64. The van der Waals surface area contributed by atoms with E-state index in [1.807, 2.05) is 12.1 Å². The molecule has 0 spiro atoms. The topological polar surface area (TPSA) is 54.3 Å². The lowest BCUT2D eigenvalue weighted by Gasteiger charge is -2.29. The predicted octanol–water partition coefficient (Wildman–Crippen LogP) is 2.94. The van der Waals surface area contributed by atoms with E-state index in [0.717, 1.165) is 37.1 Å². The number of rotatable bonds is 4. The maximum atomic E-state index is 8.89. The molecule has 0 heterocycles. The van der Waals surface area contributed by atoms with Crippen molar-refractivity contribution in [3.63, 3.8) is 0 Å². The fraction of sp³-hybridized carbons (Fsp3) is 0.533. The molecule has 1 aliphatic carbocycles. The average molecular weight is 260 g/mol. The molecule has 2 rings (SSSR count). The van der Waals surface area contributed by atoms with Crippen LogP contribution in [0.3, 0.4) is 0 Å². The van der Waals surface area contributed by atoms with Gasteiger partial charge in [-0.25, -0.2) is 0 Å². The van der Waals surface area contributed by atoms with Crippen molar-refractivity contribution < 1.29 is 9.47 Å². The van der Waals surface area contributed by atoms with Gasteiger partial charge in [-0.2, -0.15) is 5.26 Å². The summed E-state index contributed by atoms with van der Waals surface area (Å²) in [7, 11) is 3.41. The molecule has 0 aliphatic heterocycles. The van der Waals surface area contributed by atoms with E-state index in [-0.39, 0.29) is 0 Å². The molecule has 1 aromatic carbocycles. The van der Waals surface area contributed by atoms with E-state index in [2.05, 4.69) is 11.4 Å². The van der Waals surface area contributed by atoms with Crippen LogP contribution in [-0.4, -0.2) is 26.4 Å². The van der Waals surface area contributed by atoms with Crippen molar-refractivity contribution in [3.8, 4) is 11.8 Å². The molecular formula is C15H20N2O2. The molecule has 0 aromatic heterocycles. The normalized spacial score (nSPS) is 22.6. The van der Waals surface area contributed by atoms with E-state index in [9.17, 15) is 0 Å². The van der Waals surface area contributed by atoms with Crippen molar-refractivity contribution in [2.45, 2.75) is 37.8 Å². The Morgan fingerprint density at radius 2 is 1.95 bits per heavy atom. The second-order valence-corrected chi connectivity index (χ2v) is 4.88. The van der Waals surface area contributed by atoms with Crippen LogP contribution in [0.5, 0.6) is 5.75 Å². The third kappa shape index (κ3) is 3.39. The lowest BCUT2D eigenvalue weighted by molar-refractivity contribution is 0.0681. The molecule has 0 saturated heterocycles. The number of anilines is 1. The number of methoxy groups -OCH3 is 2. The van der Waals surface area contributed by atoms with Gasteiger partial charge >= 0.3 is 0 Å². The highest BCUT2D eigenvalue weighted by atomic mass is 16.5. The summed E-state index contributed by atoms with van der Waals surface area (Å²) >= 11 is 0. The maximum Gasteiger partial charge on any atom is 0.143 e. The third-order valence-corrected chi connectivity index (χ3v) is 3.70. The van der Waals surface area contributed by atoms with Gasteiger partial charge in [0.2, 0.25) is 0 Å². The van der Waals surface area contributed by atoms with Crippen LogP contribution < -0.4 is 10.1 Å². The van der Waals surface area contributed by atoms with E-state index in [1.165, 1.54) is 0 Å². The highest BCUT2D eigenvalue weighted by molar-refractivity contribution is 5.59. The molecule has 0 unspecified atom stereocenters. The Labute approximate surface area is 114 Å². The Bertz CT molecular complexity index is 460. The fourth-order valence-electron chi connectivity index (χ4n) is 2.54. The fourth-order valence-corrected chi connectivity index (χ4v) is 2.54. The van der Waals surface area contributed by atoms with Crippen LogP contribution in [0.1, 0.15) is 31.2 Å². The zero-order valence-electron chi connectivity index (χ0n) is 11.5. The van der Waals surface area contributed by atoms with Gasteiger partial charge in [-0.05, 0) is 37.8 Å². The summed E-state index contributed by atoms with van der Waals surface area (Å²) in [6.45, 7) is 0. The number of nitrogens with one attached hydrogen (secondary N) is 1.